The van der Waals surface area contributed by atoms with E-state index in [1.807, 2.05) is 6.92 Å². The Bertz CT molecular complexity index is 1930. The number of hydrogen-bond donors (Lipinski definition) is 9. The Morgan fingerprint density at radius 2 is 1.29 bits per heavy atom. The van der Waals surface area contributed by atoms with Gasteiger partial charge in [0.1, 0.15) is 61.0 Å². The largest absolute Gasteiger partial charge is 0.469 e. The van der Waals surface area contributed by atoms with Crippen molar-refractivity contribution >= 4 is 11.9 Å². The monoisotopic (exact) mass is 985 g/mol. The van der Waals surface area contributed by atoms with E-state index in [4.69, 9.17) is 37.9 Å². The molecule has 3 heterocycles. The van der Waals surface area contributed by atoms with Gasteiger partial charge in [-0.3, -0.25) is 4.79 Å². The van der Waals surface area contributed by atoms with Gasteiger partial charge in [0.25, 0.3) is 0 Å². The molecule has 7 fully saturated rings. The van der Waals surface area contributed by atoms with Crippen molar-refractivity contribution in [3.05, 3.63) is 11.6 Å². The molecule has 8 aliphatic rings. The molecular weight excluding hydrogens is 905 g/mol. The van der Waals surface area contributed by atoms with Crippen LogP contribution in [0.15, 0.2) is 11.6 Å². The van der Waals surface area contributed by atoms with E-state index in [-0.39, 0.29) is 45.4 Å². The second kappa shape index (κ2) is 18.8. The predicted molar refractivity (Wildman–Crippen MR) is 240 cm³/mol. The van der Waals surface area contributed by atoms with Crippen molar-refractivity contribution < 1.29 is 93.4 Å². The van der Waals surface area contributed by atoms with Crippen molar-refractivity contribution in [1.29, 1.82) is 0 Å². The summed E-state index contributed by atoms with van der Waals surface area (Å²) in [6, 6.07) is 0. The van der Waals surface area contributed by atoms with E-state index in [9.17, 15) is 55.5 Å². The summed E-state index contributed by atoms with van der Waals surface area (Å²) in [6.45, 7) is 16.3. The van der Waals surface area contributed by atoms with Crippen LogP contribution >= 0.6 is 0 Å². The van der Waals surface area contributed by atoms with Crippen molar-refractivity contribution in [3.8, 4) is 0 Å². The second-order valence-electron chi connectivity index (χ2n) is 23.8. The zero-order chi connectivity index (χ0) is 50.7. The average Bonchev–Trinajstić information content (AvgIpc) is 3.30. The van der Waals surface area contributed by atoms with Gasteiger partial charge in [0.15, 0.2) is 25.0 Å². The Morgan fingerprint density at radius 1 is 0.652 bits per heavy atom. The van der Waals surface area contributed by atoms with E-state index in [0.717, 1.165) is 45.6 Å². The van der Waals surface area contributed by atoms with Gasteiger partial charge in [-0.05, 0) is 111 Å². The summed E-state index contributed by atoms with van der Waals surface area (Å²) < 4.78 is 47.1. The molecule has 394 valence electrons. The summed E-state index contributed by atoms with van der Waals surface area (Å²) in [5, 5.41) is 98.9. The average molecular weight is 985 g/mol. The van der Waals surface area contributed by atoms with Gasteiger partial charge >= 0.3 is 11.9 Å². The van der Waals surface area contributed by atoms with Crippen LogP contribution in [0.25, 0.3) is 0 Å². The van der Waals surface area contributed by atoms with Crippen LogP contribution in [0.1, 0.15) is 113 Å². The standard InChI is InChI=1S/C50H80O19/c1-22-30(53)32(55)36(59)41(64-22)68-38-33(56)31(54)25(21-51)65-42(38)69-39-35(58)34(57)37(40(60)62-9)67-43(39)66-29-14-15-48(6)26(45(29,2)3)13-16-50(8)27(48)12-11-23-24-19-46(4,44(61)63-10)20-28(52)47(24,5)17-18-49(23,50)7/h11,22,24-39,41-43,51-59H,12-21H2,1-10H3/t22-,24-,25+,26-,27+,28+,29-,30-,31+,32+,33-,34-,35-,36+,37-,38+,39+,41-,42-,43+,46+,47+,48-,49+,50+/m0/s1. The molecule has 3 aliphatic heterocycles. The summed E-state index contributed by atoms with van der Waals surface area (Å²) in [5.74, 6) is -0.870. The highest BCUT2D eigenvalue weighted by Crippen LogP contribution is 2.76. The maximum atomic E-state index is 13.2. The SMILES string of the molecule is COC(=O)[C@H]1O[C@@H](O[C@H]2CC[C@]3(C)[C@H]4CC=C5[C@@H]6C[C@@](C)(C(=O)OC)C[C@@H](O)[C@]6(C)CC[C@@]5(C)[C@]4(C)CC[C@H]3C2(C)C)[C@H](O[C@@H]2O[C@H](CO)[C@@H](O)[C@H](O)[C@H]2O[C@@H]2O[C@@H](C)[C@H](O)[C@@H](O)[C@H]2O)[C@@H](O)[C@@H]1O. The third-order valence-electron chi connectivity index (χ3n) is 20.0. The smallest absolute Gasteiger partial charge is 0.337 e. The number of carbonyl (C=O) groups is 2. The molecule has 9 N–H and O–H groups in total. The van der Waals surface area contributed by atoms with E-state index >= 15 is 0 Å². The van der Waals surface area contributed by atoms with Crippen LogP contribution in [0.3, 0.4) is 0 Å². The van der Waals surface area contributed by atoms with Crippen molar-refractivity contribution in [3.63, 3.8) is 0 Å². The minimum atomic E-state index is -1.91. The maximum absolute atomic E-state index is 13.2. The normalized spacial score (nSPS) is 53.9. The molecule has 69 heavy (non-hydrogen) atoms. The lowest BCUT2D eigenvalue weighted by atomic mass is 9.33. The third kappa shape index (κ3) is 8.28. The Kier molecular flexibility index (Phi) is 14.5. The van der Waals surface area contributed by atoms with Gasteiger partial charge in [-0.1, -0.05) is 53.2 Å². The number of aliphatic hydroxyl groups excluding tert-OH is 9. The van der Waals surface area contributed by atoms with Crippen molar-refractivity contribution in [2.24, 2.45) is 50.2 Å². The number of ether oxygens (including phenoxy) is 8. The predicted octanol–water partition coefficient (Wildman–Crippen LogP) is 0.974. The van der Waals surface area contributed by atoms with Crippen molar-refractivity contribution in [2.75, 3.05) is 20.8 Å². The molecule has 0 spiro atoms. The summed E-state index contributed by atoms with van der Waals surface area (Å²) in [6.07, 6.45) is -17.3. The first kappa shape index (κ1) is 53.4. The molecule has 25 atom stereocenters. The Morgan fingerprint density at radius 3 is 1.93 bits per heavy atom. The number of esters is 2. The topological polar surface area (TPSA) is 290 Å². The summed E-state index contributed by atoms with van der Waals surface area (Å²) in [4.78, 5) is 26.3. The number of carbonyl (C=O) groups excluding carboxylic acids is 2. The van der Waals surface area contributed by atoms with Crippen molar-refractivity contribution in [1.82, 2.24) is 0 Å². The molecule has 3 saturated heterocycles. The molecule has 4 saturated carbocycles. The highest BCUT2D eigenvalue weighted by atomic mass is 16.8. The van der Waals surface area contributed by atoms with Crippen LogP contribution in [0.4, 0.5) is 0 Å². The minimum Gasteiger partial charge on any atom is -0.469 e. The quantitative estimate of drug-likeness (QED) is 0.0884. The lowest BCUT2D eigenvalue weighted by molar-refractivity contribution is -0.395. The van der Waals surface area contributed by atoms with Gasteiger partial charge in [-0.15, -0.1) is 0 Å². The Balaban J connectivity index is 1.07. The van der Waals surface area contributed by atoms with Gasteiger partial charge in [0.05, 0.1) is 44.6 Å². The highest BCUT2D eigenvalue weighted by Gasteiger charge is 2.70. The molecule has 19 heteroatoms. The van der Waals surface area contributed by atoms with Gasteiger partial charge in [-0.2, -0.15) is 0 Å². The number of methoxy groups -OCH3 is 2. The number of hydrogen-bond acceptors (Lipinski definition) is 19. The van der Waals surface area contributed by atoms with Gasteiger partial charge in [0, 0.05) is 5.41 Å². The molecule has 0 amide bonds. The van der Waals surface area contributed by atoms with Crippen molar-refractivity contribution in [2.45, 2.75) is 218 Å². The molecule has 0 unspecified atom stereocenters. The summed E-state index contributed by atoms with van der Waals surface area (Å²) in [7, 11) is 2.52. The number of aliphatic hydroxyl groups is 9. The zero-order valence-corrected chi connectivity index (χ0v) is 41.8. The van der Waals surface area contributed by atoms with E-state index in [2.05, 4.69) is 47.6 Å². The summed E-state index contributed by atoms with van der Waals surface area (Å²) >= 11 is 0. The molecule has 8 rings (SSSR count). The molecule has 5 aliphatic carbocycles. The fraction of sp³-hybridized carbons (Fsp3) is 0.920. The van der Waals surface area contributed by atoms with Crippen LogP contribution in [-0.4, -0.2) is 183 Å². The van der Waals surface area contributed by atoms with Crippen LogP contribution in [0.2, 0.25) is 0 Å². The molecule has 19 nitrogen and oxygen atoms in total. The Hall–Kier alpha value is -1.92. The first-order valence-electron chi connectivity index (χ1n) is 25.0. The highest BCUT2D eigenvalue weighted by molar-refractivity contribution is 5.77. The van der Waals surface area contributed by atoms with E-state index < -0.39 is 128 Å². The van der Waals surface area contributed by atoms with E-state index in [1.54, 1.807) is 0 Å². The fourth-order valence-corrected chi connectivity index (χ4v) is 15.4. The summed E-state index contributed by atoms with van der Waals surface area (Å²) in [5.41, 5.74) is -0.841. The van der Waals surface area contributed by atoms with Crippen LogP contribution in [0.5, 0.6) is 0 Å². The fourth-order valence-electron chi connectivity index (χ4n) is 15.4. The van der Waals surface area contributed by atoms with E-state index in [0.29, 0.717) is 19.3 Å². The van der Waals surface area contributed by atoms with Crippen LogP contribution in [-0.2, 0) is 47.5 Å². The molecular formula is C50H80O19. The zero-order valence-electron chi connectivity index (χ0n) is 41.8. The van der Waals surface area contributed by atoms with Gasteiger partial charge < -0.3 is 83.9 Å². The molecule has 0 aromatic carbocycles. The second-order valence-corrected chi connectivity index (χ2v) is 23.8. The molecule has 0 aromatic heterocycles. The lowest BCUT2D eigenvalue weighted by Gasteiger charge is -2.71. The maximum Gasteiger partial charge on any atom is 0.337 e. The molecule has 0 aromatic rings. The molecule has 0 bridgehead atoms. The first-order chi connectivity index (χ1) is 32.2. The number of rotatable bonds is 9. The number of allylic oxidation sites excluding steroid dienone is 2. The Labute approximate surface area is 404 Å². The van der Waals surface area contributed by atoms with E-state index in [1.165, 1.54) is 19.6 Å². The lowest BCUT2D eigenvalue weighted by Crippen LogP contribution is -2.68. The van der Waals surface area contributed by atoms with Crippen LogP contribution in [0, 0.1) is 50.2 Å². The van der Waals surface area contributed by atoms with Gasteiger partial charge in [-0.25, -0.2) is 4.79 Å². The number of fused-ring (bicyclic) bond motifs is 7. The third-order valence-corrected chi connectivity index (χ3v) is 20.0. The first-order valence-corrected chi connectivity index (χ1v) is 25.0. The van der Waals surface area contributed by atoms with Crippen LogP contribution < -0.4 is 0 Å². The van der Waals surface area contributed by atoms with Gasteiger partial charge in [0.2, 0.25) is 0 Å². The molecule has 0 radical (unpaired) electrons. The minimum absolute atomic E-state index is 0.0165.